The average Bonchev–Trinajstić information content (AvgIpc) is 2.49. The molecule has 0 radical (unpaired) electrons. The fourth-order valence-electron chi connectivity index (χ4n) is 1.77. The summed E-state index contributed by atoms with van der Waals surface area (Å²) in [5.41, 5.74) is 1.23. The minimum atomic E-state index is -0.731. The minimum absolute atomic E-state index is 0.124. The van der Waals surface area contributed by atoms with Crippen LogP contribution in [0.4, 0.5) is 10.1 Å². The third-order valence-corrected chi connectivity index (χ3v) is 3.65. The van der Waals surface area contributed by atoms with Gasteiger partial charge in [0.2, 0.25) is 0 Å². The zero-order chi connectivity index (χ0) is 14.5. The second-order valence-electron chi connectivity index (χ2n) is 4.21. The highest BCUT2D eigenvalue weighted by atomic mass is 79.9. The van der Waals surface area contributed by atoms with Gasteiger partial charge in [-0.25, -0.2) is 4.39 Å². The Labute approximate surface area is 124 Å². The van der Waals surface area contributed by atoms with Gasteiger partial charge in [0.1, 0.15) is 6.07 Å². The van der Waals surface area contributed by atoms with Crippen LogP contribution in [0.25, 0.3) is 0 Å². The molecular formula is C15H12BrFN2O. The molecule has 0 saturated carbocycles. The fraction of sp³-hybridized carbons (Fsp3) is 0.133. The third-order valence-electron chi connectivity index (χ3n) is 2.87. The summed E-state index contributed by atoms with van der Waals surface area (Å²) in [4.78, 5) is 0. The molecule has 0 saturated heterocycles. The Hall–Kier alpha value is -1.90. The number of hydrogen-bond acceptors (Lipinski definition) is 3. The van der Waals surface area contributed by atoms with Crippen LogP contribution in [-0.2, 0) is 0 Å². The molecule has 2 N–H and O–H groups in total. The van der Waals surface area contributed by atoms with Crippen molar-refractivity contribution in [3.8, 4) is 6.07 Å². The largest absolute Gasteiger partial charge is 0.387 e. The van der Waals surface area contributed by atoms with E-state index in [1.165, 1.54) is 12.1 Å². The molecule has 0 heterocycles. The van der Waals surface area contributed by atoms with Crippen LogP contribution in [0.15, 0.2) is 46.9 Å². The Kier molecular flexibility index (Phi) is 4.72. The molecule has 0 amide bonds. The van der Waals surface area contributed by atoms with E-state index in [9.17, 15) is 9.50 Å². The summed E-state index contributed by atoms with van der Waals surface area (Å²) in [5, 5.41) is 21.6. The number of aliphatic hydroxyl groups is 1. The van der Waals surface area contributed by atoms with Gasteiger partial charge < -0.3 is 10.4 Å². The molecule has 2 aromatic rings. The van der Waals surface area contributed by atoms with Crippen LogP contribution in [0.5, 0.6) is 0 Å². The standard InChI is InChI=1S/C15H12BrFN2O/c16-14-11(8-18)6-7-12(15(14)17)19-9-13(20)10-4-2-1-3-5-10/h1-7,13,19-20H,9H2. The van der Waals surface area contributed by atoms with Gasteiger partial charge in [0.05, 0.1) is 21.8 Å². The Morgan fingerprint density at radius 3 is 2.60 bits per heavy atom. The highest BCUT2D eigenvalue weighted by Crippen LogP contribution is 2.27. The number of rotatable bonds is 4. The topological polar surface area (TPSA) is 56.0 Å². The molecular weight excluding hydrogens is 323 g/mol. The smallest absolute Gasteiger partial charge is 0.161 e. The van der Waals surface area contributed by atoms with E-state index in [0.717, 1.165) is 5.56 Å². The number of benzene rings is 2. The summed E-state index contributed by atoms with van der Waals surface area (Å²) < 4.78 is 14.1. The Balaban J connectivity index is 2.09. The van der Waals surface area contributed by atoms with E-state index >= 15 is 0 Å². The first-order valence-electron chi connectivity index (χ1n) is 5.98. The molecule has 1 unspecified atom stereocenters. The average molecular weight is 335 g/mol. The van der Waals surface area contributed by atoms with Crippen molar-refractivity contribution in [1.82, 2.24) is 0 Å². The highest BCUT2D eigenvalue weighted by Gasteiger charge is 2.12. The van der Waals surface area contributed by atoms with Gasteiger partial charge in [0.25, 0.3) is 0 Å². The molecule has 2 rings (SSSR count). The van der Waals surface area contributed by atoms with Gasteiger partial charge in [-0.3, -0.25) is 0 Å². The second kappa shape index (κ2) is 6.51. The lowest BCUT2D eigenvalue weighted by atomic mass is 10.1. The molecule has 0 aliphatic rings. The number of nitrogens with zero attached hydrogens (tertiary/aromatic N) is 1. The van der Waals surface area contributed by atoms with Crippen LogP contribution in [0.2, 0.25) is 0 Å². The predicted octanol–water partition coefficient (Wildman–Crippen LogP) is 3.61. The molecule has 1 atom stereocenters. The maximum Gasteiger partial charge on any atom is 0.161 e. The van der Waals surface area contributed by atoms with Crippen LogP contribution in [0.1, 0.15) is 17.2 Å². The lowest BCUT2D eigenvalue weighted by Crippen LogP contribution is -2.13. The van der Waals surface area contributed by atoms with Crippen molar-refractivity contribution in [3.05, 3.63) is 63.9 Å². The maximum absolute atomic E-state index is 14.0. The molecule has 5 heteroatoms. The van der Waals surface area contributed by atoms with E-state index in [0.29, 0.717) is 0 Å². The van der Waals surface area contributed by atoms with Gasteiger partial charge in [-0.1, -0.05) is 30.3 Å². The normalized spacial score (nSPS) is 11.7. The zero-order valence-electron chi connectivity index (χ0n) is 10.5. The van der Waals surface area contributed by atoms with Crippen LogP contribution in [0.3, 0.4) is 0 Å². The summed E-state index contributed by atoms with van der Waals surface area (Å²) >= 11 is 3.04. The number of hydrogen-bond donors (Lipinski definition) is 2. The maximum atomic E-state index is 14.0. The quantitative estimate of drug-likeness (QED) is 0.898. The number of halogens is 2. The van der Waals surface area contributed by atoms with Gasteiger partial charge in [0, 0.05) is 6.54 Å². The Morgan fingerprint density at radius 1 is 1.25 bits per heavy atom. The number of aliphatic hydroxyl groups excluding tert-OH is 1. The summed E-state index contributed by atoms with van der Waals surface area (Å²) in [6, 6.07) is 14.0. The van der Waals surface area contributed by atoms with E-state index < -0.39 is 11.9 Å². The van der Waals surface area contributed by atoms with Gasteiger partial charge in [-0.15, -0.1) is 0 Å². The summed E-state index contributed by atoms with van der Waals surface area (Å²) in [7, 11) is 0. The van der Waals surface area contributed by atoms with E-state index in [2.05, 4.69) is 21.2 Å². The Bertz CT molecular complexity index is 640. The van der Waals surface area contributed by atoms with Gasteiger partial charge >= 0.3 is 0 Å². The third kappa shape index (κ3) is 3.16. The van der Waals surface area contributed by atoms with Crippen molar-refractivity contribution >= 4 is 21.6 Å². The molecule has 0 fully saturated rings. The lowest BCUT2D eigenvalue weighted by Gasteiger charge is -2.14. The first-order chi connectivity index (χ1) is 9.63. The van der Waals surface area contributed by atoms with E-state index in [1.807, 2.05) is 24.3 Å². The van der Waals surface area contributed by atoms with Crippen molar-refractivity contribution in [2.24, 2.45) is 0 Å². The van der Waals surface area contributed by atoms with Crippen molar-refractivity contribution in [1.29, 1.82) is 5.26 Å². The van der Waals surface area contributed by atoms with Gasteiger partial charge in [0.15, 0.2) is 5.82 Å². The monoisotopic (exact) mass is 334 g/mol. The van der Waals surface area contributed by atoms with Crippen LogP contribution >= 0.6 is 15.9 Å². The minimum Gasteiger partial charge on any atom is -0.387 e. The second-order valence-corrected chi connectivity index (χ2v) is 5.00. The van der Waals surface area contributed by atoms with Gasteiger partial charge in [-0.05, 0) is 33.6 Å². The number of nitrogens with one attached hydrogen (secondary N) is 1. The molecule has 3 nitrogen and oxygen atoms in total. The molecule has 102 valence electrons. The van der Waals surface area contributed by atoms with Crippen molar-refractivity contribution in [2.75, 3.05) is 11.9 Å². The Morgan fingerprint density at radius 2 is 1.95 bits per heavy atom. The molecule has 0 aliphatic heterocycles. The summed E-state index contributed by atoms with van der Waals surface area (Å²) in [6.07, 6.45) is -0.731. The molecule has 20 heavy (non-hydrogen) atoms. The summed E-state index contributed by atoms with van der Waals surface area (Å²) in [6.45, 7) is 0.180. The van der Waals surface area contributed by atoms with Crippen LogP contribution in [-0.4, -0.2) is 11.7 Å². The molecule has 2 aromatic carbocycles. The molecule has 0 spiro atoms. The molecule has 0 bridgehead atoms. The SMILES string of the molecule is N#Cc1ccc(NCC(O)c2ccccc2)c(F)c1Br. The summed E-state index contributed by atoms with van der Waals surface area (Å²) in [5.74, 6) is -0.538. The predicted molar refractivity (Wildman–Crippen MR) is 78.7 cm³/mol. The van der Waals surface area contributed by atoms with Crippen molar-refractivity contribution in [2.45, 2.75) is 6.10 Å². The number of nitriles is 1. The van der Waals surface area contributed by atoms with E-state index in [-0.39, 0.29) is 22.3 Å². The zero-order valence-corrected chi connectivity index (χ0v) is 12.1. The first-order valence-corrected chi connectivity index (χ1v) is 6.77. The van der Waals surface area contributed by atoms with Crippen LogP contribution in [0, 0.1) is 17.1 Å². The number of anilines is 1. The van der Waals surface area contributed by atoms with Crippen molar-refractivity contribution < 1.29 is 9.50 Å². The fourth-order valence-corrected chi connectivity index (χ4v) is 2.21. The van der Waals surface area contributed by atoms with Crippen LogP contribution < -0.4 is 5.32 Å². The molecule has 0 aromatic heterocycles. The van der Waals surface area contributed by atoms with Crippen molar-refractivity contribution in [3.63, 3.8) is 0 Å². The lowest BCUT2D eigenvalue weighted by molar-refractivity contribution is 0.191. The first kappa shape index (κ1) is 14.5. The highest BCUT2D eigenvalue weighted by molar-refractivity contribution is 9.10. The van der Waals surface area contributed by atoms with Gasteiger partial charge in [-0.2, -0.15) is 5.26 Å². The molecule has 0 aliphatic carbocycles. The van der Waals surface area contributed by atoms with E-state index in [4.69, 9.17) is 5.26 Å². The van der Waals surface area contributed by atoms with E-state index in [1.54, 1.807) is 12.1 Å².